The van der Waals surface area contributed by atoms with Crippen molar-refractivity contribution in [1.29, 1.82) is 0 Å². The van der Waals surface area contributed by atoms with Crippen LogP contribution in [0.5, 0.6) is 0 Å². The number of hydrogen-bond donors (Lipinski definition) is 3. The summed E-state index contributed by atoms with van der Waals surface area (Å²) >= 11 is 0. The summed E-state index contributed by atoms with van der Waals surface area (Å²) in [6, 6.07) is 6.66. The Kier molecular flexibility index (Phi) is 5.11. The highest BCUT2D eigenvalue weighted by atomic mass is 32.2. The fourth-order valence-electron chi connectivity index (χ4n) is 1.25. The Balaban J connectivity index is 2.39. The average Bonchev–Trinajstić information content (AvgIpc) is 2.28. The molecule has 1 aromatic rings. The van der Waals surface area contributed by atoms with E-state index >= 15 is 0 Å². The van der Waals surface area contributed by atoms with Gasteiger partial charge in [0.25, 0.3) is 0 Å². The lowest BCUT2D eigenvalue weighted by atomic mass is 10.2. The molecular weight excluding hydrogens is 254 g/mol. The lowest BCUT2D eigenvalue weighted by Gasteiger charge is -2.07. The molecule has 6 nitrogen and oxygen atoms in total. The third kappa shape index (κ3) is 5.65. The fraction of sp³-hybridized carbons (Fsp3) is 0.364. The predicted molar refractivity (Wildman–Crippen MR) is 71.1 cm³/mol. The maximum absolute atomic E-state index is 11.4. The second-order valence-electron chi connectivity index (χ2n) is 3.91. The lowest BCUT2D eigenvalue weighted by Crippen LogP contribution is -2.32. The molecule has 0 saturated heterocycles. The molecule has 0 aliphatic carbocycles. The molecule has 100 valence electrons. The molecule has 0 saturated carbocycles. The van der Waals surface area contributed by atoms with Crippen LogP contribution in [0.25, 0.3) is 0 Å². The molecule has 0 radical (unpaired) electrons. The number of carbonyl (C=O) groups excluding carboxylic acids is 1. The normalized spacial score (nSPS) is 11.0. The summed E-state index contributed by atoms with van der Waals surface area (Å²) in [6.07, 6.45) is 1.12. The highest BCUT2D eigenvalue weighted by molar-refractivity contribution is 7.90. The molecule has 0 aromatic heterocycles. The topological polar surface area (TPSA) is 101 Å². The molecule has 0 spiro atoms. The Morgan fingerprint density at radius 2 is 1.89 bits per heavy atom. The third-order valence-corrected chi connectivity index (χ3v) is 3.15. The first-order valence-electron chi connectivity index (χ1n) is 5.42. The van der Waals surface area contributed by atoms with Gasteiger partial charge in [-0.15, -0.1) is 0 Å². The van der Waals surface area contributed by atoms with E-state index in [1.54, 1.807) is 12.1 Å². The summed E-state index contributed by atoms with van der Waals surface area (Å²) < 4.78 is 21.7. The zero-order valence-corrected chi connectivity index (χ0v) is 11.0. The molecule has 0 fully saturated rings. The second-order valence-corrected chi connectivity index (χ2v) is 6.17. The van der Waals surface area contributed by atoms with Crippen LogP contribution in [0.2, 0.25) is 0 Å². The maximum Gasteiger partial charge on any atom is 0.319 e. The number of nitrogens with one attached hydrogen (secondary N) is 2. The molecule has 2 amide bonds. The van der Waals surface area contributed by atoms with Crippen molar-refractivity contribution in [3.63, 3.8) is 0 Å². The number of anilines is 1. The molecule has 0 aliphatic rings. The van der Waals surface area contributed by atoms with Gasteiger partial charge in [0.1, 0.15) is 9.84 Å². The van der Waals surface area contributed by atoms with Gasteiger partial charge in [0.15, 0.2) is 0 Å². The van der Waals surface area contributed by atoms with Crippen molar-refractivity contribution in [2.75, 3.05) is 23.9 Å². The minimum atomic E-state index is -3.06. The summed E-state index contributed by atoms with van der Waals surface area (Å²) in [5.74, 6) is -0.0769. The number of hydrogen-bond acceptors (Lipinski definition) is 4. The standard InChI is InChI=1S/C11H17N3O3S/c1-18(16,17)7-6-13-11(15)14-10-4-2-9(8-12)3-5-10/h2-5H,6-8,12H2,1H3,(H2,13,14,15). The first-order valence-corrected chi connectivity index (χ1v) is 7.48. The summed E-state index contributed by atoms with van der Waals surface area (Å²) in [5.41, 5.74) is 7.05. The van der Waals surface area contributed by atoms with E-state index in [2.05, 4.69) is 10.6 Å². The van der Waals surface area contributed by atoms with E-state index in [1.165, 1.54) is 0 Å². The van der Waals surface area contributed by atoms with Crippen molar-refractivity contribution in [2.24, 2.45) is 5.73 Å². The molecule has 1 aromatic carbocycles. The lowest BCUT2D eigenvalue weighted by molar-refractivity contribution is 0.252. The van der Waals surface area contributed by atoms with Crippen LogP contribution in [0.15, 0.2) is 24.3 Å². The van der Waals surface area contributed by atoms with Gasteiger partial charge in [-0.25, -0.2) is 13.2 Å². The van der Waals surface area contributed by atoms with E-state index in [9.17, 15) is 13.2 Å². The van der Waals surface area contributed by atoms with Gasteiger partial charge in [-0.3, -0.25) is 0 Å². The van der Waals surface area contributed by atoms with Gasteiger partial charge in [-0.2, -0.15) is 0 Å². The van der Waals surface area contributed by atoms with Crippen molar-refractivity contribution in [2.45, 2.75) is 6.54 Å². The van der Waals surface area contributed by atoms with E-state index in [0.717, 1.165) is 11.8 Å². The number of rotatable bonds is 5. The van der Waals surface area contributed by atoms with Gasteiger partial charge in [0.05, 0.1) is 5.75 Å². The molecule has 0 bridgehead atoms. The van der Waals surface area contributed by atoms with Crippen molar-refractivity contribution in [1.82, 2.24) is 5.32 Å². The molecule has 0 unspecified atom stereocenters. The third-order valence-electron chi connectivity index (χ3n) is 2.21. The van der Waals surface area contributed by atoms with Crippen LogP contribution in [0, 0.1) is 0 Å². The van der Waals surface area contributed by atoms with Gasteiger partial charge in [-0.1, -0.05) is 12.1 Å². The summed E-state index contributed by atoms with van der Waals surface area (Å²) in [7, 11) is -3.06. The quantitative estimate of drug-likeness (QED) is 0.717. The average molecular weight is 271 g/mol. The Hall–Kier alpha value is -1.60. The first-order chi connectivity index (χ1) is 8.40. The van der Waals surface area contributed by atoms with Gasteiger partial charge in [0.2, 0.25) is 0 Å². The Labute approximate surface area is 106 Å². The molecule has 0 aliphatic heterocycles. The summed E-state index contributed by atoms with van der Waals surface area (Å²) in [5, 5.41) is 5.06. The molecule has 4 N–H and O–H groups in total. The van der Waals surface area contributed by atoms with Crippen LogP contribution in [-0.2, 0) is 16.4 Å². The SMILES string of the molecule is CS(=O)(=O)CCNC(=O)Nc1ccc(CN)cc1. The van der Waals surface area contributed by atoms with E-state index in [1.807, 2.05) is 12.1 Å². The van der Waals surface area contributed by atoms with Crippen LogP contribution in [0.1, 0.15) is 5.56 Å². The fourth-order valence-corrected chi connectivity index (χ4v) is 1.72. The van der Waals surface area contributed by atoms with Crippen LogP contribution in [0.4, 0.5) is 10.5 Å². The summed E-state index contributed by atoms with van der Waals surface area (Å²) in [6.45, 7) is 0.534. The monoisotopic (exact) mass is 271 g/mol. The van der Waals surface area contributed by atoms with Crippen molar-refractivity contribution >= 4 is 21.6 Å². The van der Waals surface area contributed by atoms with Crippen LogP contribution in [-0.4, -0.2) is 33.0 Å². The molecule has 0 atom stereocenters. The number of sulfone groups is 1. The van der Waals surface area contributed by atoms with Gasteiger partial charge >= 0.3 is 6.03 Å². The molecule has 7 heteroatoms. The Morgan fingerprint density at radius 1 is 1.28 bits per heavy atom. The molecule has 1 rings (SSSR count). The zero-order chi connectivity index (χ0) is 13.6. The van der Waals surface area contributed by atoms with E-state index < -0.39 is 15.9 Å². The van der Waals surface area contributed by atoms with Crippen LogP contribution >= 0.6 is 0 Å². The van der Waals surface area contributed by atoms with Gasteiger partial charge in [0, 0.05) is 25.0 Å². The largest absolute Gasteiger partial charge is 0.337 e. The molecule has 18 heavy (non-hydrogen) atoms. The number of urea groups is 1. The van der Waals surface area contributed by atoms with Gasteiger partial charge in [-0.05, 0) is 17.7 Å². The number of benzene rings is 1. The van der Waals surface area contributed by atoms with Crippen molar-refractivity contribution in [3.05, 3.63) is 29.8 Å². The van der Waals surface area contributed by atoms with Gasteiger partial charge < -0.3 is 16.4 Å². The molecular formula is C11H17N3O3S. The summed E-state index contributed by atoms with van der Waals surface area (Å²) in [4.78, 5) is 11.4. The zero-order valence-electron chi connectivity index (χ0n) is 10.1. The number of carbonyl (C=O) groups is 1. The number of amides is 2. The van der Waals surface area contributed by atoms with E-state index in [4.69, 9.17) is 5.73 Å². The Morgan fingerprint density at radius 3 is 2.39 bits per heavy atom. The van der Waals surface area contributed by atoms with E-state index in [0.29, 0.717) is 12.2 Å². The molecule has 0 heterocycles. The van der Waals surface area contributed by atoms with E-state index in [-0.39, 0.29) is 12.3 Å². The van der Waals surface area contributed by atoms with Crippen molar-refractivity contribution < 1.29 is 13.2 Å². The second kappa shape index (κ2) is 6.36. The number of nitrogens with two attached hydrogens (primary N) is 1. The first kappa shape index (κ1) is 14.5. The minimum Gasteiger partial charge on any atom is -0.337 e. The highest BCUT2D eigenvalue weighted by Crippen LogP contribution is 2.08. The Bertz CT molecular complexity index is 497. The van der Waals surface area contributed by atoms with Crippen LogP contribution < -0.4 is 16.4 Å². The smallest absolute Gasteiger partial charge is 0.319 e. The van der Waals surface area contributed by atoms with Crippen LogP contribution in [0.3, 0.4) is 0 Å². The predicted octanol–water partition coefficient (Wildman–Crippen LogP) is 0.311. The maximum atomic E-state index is 11.4. The minimum absolute atomic E-state index is 0.0769. The van der Waals surface area contributed by atoms with Crippen molar-refractivity contribution in [3.8, 4) is 0 Å². The highest BCUT2D eigenvalue weighted by Gasteiger charge is 2.04.